The second kappa shape index (κ2) is 20.3. The van der Waals surface area contributed by atoms with Gasteiger partial charge in [-0.05, 0) is 0 Å². The monoisotopic (exact) mass is 1020 g/mol. The molecule has 3 nitrogen and oxygen atoms in total. The summed E-state index contributed by atoms with van der Waals surface area (Å²) in [6, 6.07) is 101. The zero-order valence-electron chi connectivity index (χ0n) is 39.4. The van der Waals surface area contributed by atoms with Crippen LogP contribution in [0.3, 0.4) is 0 Å². The second-order valence-electron chi connectivity index (χ2n) is 17.7. The molecule has 9 rings (SSSR count). The number of hydrogen-bond donors (Lipinski definition) is 0. The summed E-state index contributed by atoms with van der Waals surface area (Å²) >= 11 is -2.86. The summed E-state index contributed by atoms with van der Waals surface area (Å²) in [5, 5.41) is 13.2. The van der Waals surface area contributed by atoms with Crippen LogP contribution in [-0.2, 0) is 14.5 Å². The zero-order valence-corrected chi connectivity index (χ0v) is 44.2. The van der Waals surface area contributed by atoms with Crippen molar-refractivity contribution in [1.29, 1.82) is 0 Å². The van der Waals surface area contributed by atoms with Crippen LogP contribution in [0.25, 0.3) is 0 Å². The average Bonchev–Trinajstić information content (AvgIpc) is 3.39. The third kappa shape index (κ3) is 8.39. The molecule has 0 aromatic heterocycles. The summed E-state index contributed by atoms with van der Waals surface area (Å²) in [4.78, 5) is 6.73. The van der Waals surface area contributed by atoms with Crippen LogP contribution in [0.5, 0.6) is 0 Å². The molecule has 0 atom stereocenters. The Morgan fingerprint density at radius 1 is 0.209 bits per heavy atom. The first-order valence-corrected chi connectivity index (χ1v) is 36.4. The molecule has 0 saturated carbocycles. The van der Waals surface area contributed by atoms with Crippen molar-refractivity contribution >= 4 is 81.6 Å². The Bertz CT molecular complexity index is 2510. The maximum absolute atomic E-state index is 3.32. The zero-order chi connectivity index (χ0) is 46.4. The summed E-state index contributed by atoms with van der Waals surface area (Å²) in [6.07, 6.45) is 0. The Kier molecular flexibility index (Phi) is 14.0. The first kappa shape index (κ1) is 46.4. The maximum atomic E-state index is 2.55. The van der Waals surface area contributed by atoms with Gasteiger partial charge in [0.25, 0.3) is 0 Å². The number of anilines is 3. The van der Waals surface area contributed by atoms with E-state index in [-0.39, 0.29) is 0 Å². The average molecular weight is 1020 g/mol. The van der Waals surface area contributed by atoms with Crippen molar-refractivity contribution < 1.29 is 14.5 Å². The molecule has 0 fully saturated rings. The minimum atomic E-state index is -3.32. The van der Waals surface area contributed by atoms with Crippen molar-refractivity contribution in [2.75, 3.05) is 57.0 Å². The van der Waals surface area contributed by atoms with E-state index in [4.69, 9.17) is 0 Å². The van der Waals surface area contributed by atoms with Gasteiger partial charge in [-0.15, -0.1) is 0 Å². The molecule has 9 aromatic rings. The summed E-state index contributed by atoms with van der Waals surface area (Å²) in [5.41, 5.74) is -6.36. The molecule has 0 aliphatic rings. The van der Waals surface area contributed by atoms with Gasteiger partial charge in [0.2, 0.25) is 0 Å². The molecule has 0 N–H and O–H groups in total. The van der Waals surface area contributed by atoms with Crippen molar-refractivity contribution in [3.05, 3.63) is 255 Å². The predicted molar refractivity (Wildman–Crippen MR) is 303 cm³/mol. The van der Waals surface area contributed by atoms with Crippen LogP contribution < -0.4 is 62.4 Å². The fourth-order valence-electron chi connectivity index (χ4n) is 9.95. The quantitative estimate of drug-likeness (QED) is 0.0749. The van der Waals surface area contributed by atoms with E-state index in [9.17, 15) is 0 Å². The number of nitrogens with zero attached hydrogens (tertiary/aromatic N) is 3. The Balaban J connectivity index is 1.66. The third-order valence-electron chi connectivity index (χ3n) is 13.1. The Labute approximate surface area is 405 Å². The van der Waals surface area contributed by atoms with Gasteiger partial charge >= 0.3 is 408 Å². The van der Waals surface area contributed by atoms with E-state index in [0.717, 1.165) is 0 Å². The van der Waals surface area contributed by atoms with Crippen LogP contribution in [0.2, 0.25) is 0 Å². The van der Waals surface area contributed by atoms with E-state index >= 15 is 0 Å². The van der Waals surface area contributed by atoms with Crippen molar-refractivity contribution in [2.24, 2.45) is 0 Å². The second-order valence-corrected chi connectivity index (χ2v) is 52.3. The number of benzene rings is 9. The van der Waals surface area contributed by atoms with E-state index in [1.165, 1.54) is 64.8 Å². The molecular formula is C60H63N3P3Ru. The van der Waals surface area contributed by atoms with Gasteiger partial charge in [-0.3, -0.25) is 0 Å². The van der Waals surface area contributed by atoms with E-state index in [1.807, 2.05) is 0 Å². The molecule has 0 unspecified atom stereocenters. The molecule has 67 heavy (non-hydrogen) atoms. The van der Waals surface area contributed by atoms with Gasteiger partial charge in [-0.2, -0.15) is 0 Å². The van der Waals surface area contributed by atoms with Crippen molar-refractivity contribution in [2.45, 2.75) is 0 Å². The Hall–Kier alpha value is -5.71. The van der Waals surface area contributed by atoms with Gasteiger partial charge in [-0.1, -0.05) is 0 Å². The summed E-state index contributed by atoms with van der Waals surface area (Å²) in [7, 11) is 13.0. The van der Waals surface area contributed by atoms with Crippen LogP contribution in [0.1, 0.15) is 0 Å². The van der Waals surface area contributed by atoms with Gasteiger partial charge in [0.05, 0.1) is 0 Å². The fraction of sp³-hybridized carbons (Fsp3) is 0.100. The molecule has 0 aliphatic carbocycles. The molecule has 0 saturated heterocycles. The fourth-order valence-corrected chi connectivity index (χ4v) is 106. The Morgan fingerprint density at radius 3 is 0.507 bits per heavy atom. The van der Waals surface area contributed by atoms with Crippen molar-refractivity contribution in [3.8, 4) is 0 Å². The van der Waals surface area contributed by atoms with Crippen LogP contribution in [-0.4, -0.2) is 42.3 Å². The predicted octanol–water partition coefficient (Wildman–Crippen LogP) is 9.73. The van der Waals surface area contributed by atoms with Gasteiger partial charge in [0.15, 0.2) is 0 Å². The molecule has 0 aliphatic heterocycles. The molecule has 0 radical (unpaired) electrons. The topological polar surface area (TPSA) is 9.72 Å². The van der Waals surface area contributed by atoms with Crippen LogP contribution in [0.15, 0.2) is 255 Å². The number of rotatable bonds is 15. The molecule has 341 valence electrons. The van der Waals surface area contributed by atoms with Gasteiger partial charge < -0.3 is 0 Å². The van der Waals surface area contributed by atoms with Crippen molar-refractivity contribution in [1.82, 2.24) is 0 Å². The van der Waals surface area contributed by atoms with E-state index in [1.54, 1.807) is 0 Å². The third-order valence-corrected chi connectivity index (χ3v) is 78.2. The van der Waals surface area contributed by atoms with E-state index in [0.29, 0.717) is 0 Å². The normalized spacial score (nSPS) is 12.7. The minimum absolute atomic E-state index is 1.20. The summed E-state index contributed by atoms with van der Waals surface area (Å²) in [6.45, 7) is 0. The molecule has 0 spiro atoms. The Morgan fingerprint density at radius 2 is 0.358 bits per heavy atom. The molecule has 7 heteroatoms. The molecule has 0 bridgehead atoms. The SMILES string of the molecule is CN(C)c1ccc([PH](c2ccccc2)(c2ccccc2)[Ru]([PH](c2ccccc2)(c2ccccc2)c2ccc(N(C)C)cc2)[PH](c2ccccc2)(c2ccccc2)c2ccc(N(C)C)cc2)cc1. The molecule has 0 heterocycles. The standard InChI is InChI=1S/3C20H20NP.Ru/c3*1-21(2)17-13-15-20(16-14-17)22(18-9-5-3-6-10-18)19-11-7-4-8-12-19;/h3*3-16H,1-2H3;/q;;;-3/p+3. The van der Waals surface area contributed by atoms with E-state index in [2.05, 4.69) is 312 Å². The van der Waals surface area contributed by atoms with E-state index < -0.39 is 31.3 Å². The first-order valence-electron chi connectivity index (χ1n) is 23.1. The molecular weight excluding hydrogens is 957 g/mol. The first-order chi connectivity index (χ1) is 32.7. The summed E-state index contributed by atoms with van der Waals surface area (Å²) in [5.74, 6) is 0. The van der Waals surface area contributed by atoms with Crippen LogP contribution >= 0.6 is 16.8 Å². The molecule has 9 aromatic carbocycles. The van der Waals surface area contributed by atoms with Gasteiger partial charge in [-0.25, -0.2) is 0 Å². The van der Waals surface area contributed by atoms with Crippen molar-refractivity contribution in [3.63, 3.8) is 0 Å². The van der Waals surface area contributed by atoms with Gasteiger partial charge in [0.1, 0.15) is 0 Å². The van der Waals surface area contributed by atoms with Crippen LogP contribution in [0, 0.1) is 0 Å². The summed E-state index contributed by atoms with van der Waals surface area (Å²) < 4.78 is 0. The molecule has 0 amide bonds. The van der Waals surface area contributed by atoms with Gasteiger partial charge in [0, 0.05) is 0 Å². The number of hydrogen-bond acceptors (Lipinski definition) is 3. The van der Waals surface area contributed by atoms with Crippen LogP contribution in [0.4, 0.5) is 17.1 Å².